The summed E-state index contributed by atoms with van der Waals surface area (Å²) >= 11 is 5.92. The maximum atomic E-state index is 10.6. The molecule has 7 heteroatoms. The molecule has 6 nitrogen and oxygen atoms in total. The van der Waals surface area contributed by atoms with Crippen molar-refractivity contribution in [1.82, 2.24) is 9.97 Å². The zero-order valence-corrected chi connectivity index (χ0v) is 9.31. The zero-order chi connectivity index (χ0) is 11.7. The van der Waals surface area contributed by atoms with Gasteiger partial charge < -0.3 is 14.7 Å². The third-order valence-corrected chi connectivity index (χ3v) is 2.68. The van der Waals surface area contributed by atoms with E-state index in [0.29, 0.717) is 23.9 Å². The monoisotopic (exact) mass is 243 g/mol. The number of aromatic nitrogens is 2. The number of carboxylic acid groups (broad SMARTS) is 1. The van der Waals surface area contributed by atoms with Crippen LogP contribution in [0, 0.1) is 5.92 Å². The van der Waals surface area contributed by atoms with Crippen LogP contribution in [-0.4, -0.2) is 41.2 Å². The van der Waals surface area contributed by atoms with Crippen LogP contribution in [0.5, 0.6) is 6.01 Å². The highest BCUT2D eigenvalue weighted by atomic mass is 35.5. The minimum atomic E-state index is -0.798. The van der Waals surface area contributed by atoms with Crippen LogP contribution in [0.25, 0.3) is 0 Å². The lowest BCUT2D eigenvalue weighted by molar-refractivity contribution is -0.142. The van der Waals surface area contributed by atoms with Crippen LogP contribution < -0.4 is 9.64 Å². The van der Waals surface area contributed by atoms with Gasteiger partial charge in [0.2, 0.25) is 0 Å². The molecule has 1 fully saturated rings. The van der Waals surface area contributed by atoms with E-state index in [1.807, 2.05) is 0 Å². The highest BCUT2D eigenvalue weighted by molar-refractivity contribution is 6.32. The largest absolute Gasteiger partial charge is 0.481 e. The Bertz CT molecular complexity index is 420. The quantitative estimate of drug-likeness (QED) is 0.841. The fraction of sp³-hybridized carbons (Fsp3) is 0.444. The number of ether oxygens (including phenoxy) is 1. The minimum Gasteiger partial charge on any atom is -0.481 e. The molecule has 1 aliphatic rings. The lowest BCUT2D eigenvalue weighted by Gasteiger charge is -2.37. The lowest BCUT2D eigenvalue weighted by Crippen LogP contribution is -2.51. The fourth-order valence-corrected chi connectivity index (χ4v) is 1.68. The van der Waals surface area contributed by atoms with Gasteiger partial charge in [0.05, 0.1) is 19.2 Å². The van der Waals surface area contributed by atoms with Crippen molar-refractivity contribution < 1.29 is 14.6 Å². The van der Waals surface area contributed by atoms with Gasteiger partial charge in [-0.1, -0.05) is 11.6 Å². The summed E-state index contributed by atoms with van der Waals surface area (Å²) in [4.78, 5) is 20.4. The summed E-state index contributed by atoms with van der Waals surface area (Å²) in [6.07, 6.45) is 1.44. The van der Waals surface area contributed by atoms with Gasteiger partial charge in [0.1, 0.15) is 5.02 Å². The van der Waals surface area contributed by atoms with Gasteiger partial charge in [0, 0.05) is 13.1 Å². The Balaban J connectivity index is 2.13. The Kier molecular flexibility index (Phi) is 2.82. The van der Waals surface area contributed by atoms with E-state index in [-0.39, 0.29) is 11.9 Å². The van der Waals surface area contributed by atoms with E-state index in [1.165, 1.54) is 13.3 Å². The third kappa shape index (κ3) is 1.88. The maximum Gasteiger partial charge on any atom is 0.318 e. The van der Waals surface area contributed by atoms with Gasteiger partial charge >= 0.3 is 12.0 Å². The molecule has 1 aliphatic heterocycles. The van der Waals surface area contributed by atoms with Crippen LogP contribution in [0.15, 0.2) is 6.20 Å². The van der Waals surface area contributed by atoms with Gasteiger partial charge in [-0.15, -0.1) is 0 Å². The van der Waals surface area contributed by atoms with E-state index in [2.05, 4.69) is 9.97 Å². The number of aliphatic carboxylic acids is 1. The molecule has 0 atom stereocenters. The molecule has 0 saturated carbocycles. The predicted octanol–water partition coefficient (Wildman–Crippen LogP) is 0.659. The molecule has 0 radical (unpaired) electrons. The van der Waals surface area contributed by atoms with Gasteiger partial charge in [-0.3, -0.25) is 4.79 Å². The molecule has 86 valence electrons. The Hall–Kier alpha value is -1.56. The number of hydrogen-bond donors (Lipinski definition) is 1. The zero-order valence-electron chi connectivity index (χ0n) is 8.55. The number of rotatable bonds is 3. The second kappa shape index (κ2) is 4.13. The molecule has 0 aromatic carbocycles. The van der Waals surface area contributed by atoms with Crippen molar-refractivity contribution in [2.75, 3.05) is 25.1 Å². The predicted molar refractivity (Wildman–Crippen MR) is 56.9 cm³/mol. The second-order valence-corrected chi connectivity index (χ2v) is 3.88. The molecular formula is C9H10ClN3O3. The molecule has 2 heterocycles. The second-order valence-electron chi connectivity index (χ2n) is 3.47. The number of halogens is 1. The number of carboxylic acids is 1. The van der Waals surface area contributed by atoms with Gasteiger partial charge in [-0.2, -0.15) is 4.98 Å². The molecule has 2 rings (SSSR count). The summed E-state index contributed by atoms with van der Waals surface area (Å²) in [5, 5.41) is 9.14. The van der Waals surface area contributed by atoms with Crippen molar-refractivity contribution in [1.29, 1.82) is 0 Å². The summed E-state index contributed by atoms with van der Waals surface area (Å²) < 4.78 is 4.88. The molecule has 0 spiro atoms. The summed E-state index contributed by atoms with van der Waals surface area (Å²) in [7, 11) is 1.46. The number of carbonyl (C=O) groups is 1. The fourth-order valence-electron chi connectivity index (χ4n) is 1.47. The Labute approximate surface area is 96.8 Å². The van der Waals surface area contributed by atoms with Crippen LogP contribution >= 0.6 is 11.6 Å². The van der Waals surface area contributed by atoms with Crippen LogP contribution in [0.4, 0.5) is 5.82 Å². The van der Waals surface area contributed by atoms with E-state index in [9.17, 15) is 4.79 Å². The van der Waals surface area contributed by atoms with Crippen LogP contribution in [0.1, 0.15) is 0 Å². The van der Waals surface area contributed by atoms with Crippen molar-refractivity contribution in [3.63, 3.8) is 0 Å². The molecule has 1 aromatic heterocycles. The molecular weight excluding hydrogens is 234 g/mol. The first kappa shape index (κ1) is 10.9. The topological polar surface area (TPSA) is 75.5 Å². The SMILES string of the molecule is COc1ncc(Cl)c(N2CC(C(=O)O)C2)n1. The van der Waals surface area contributed by atoms with Crippen LogP contribution in [0.2, 0.25) is 5.02 Å². The van der Waals surface area contributed by atoms with Gasteiger partial charge in [-0.25, -0.2) is 4.98 Å². The van der Waals surface area contributed by atoms with Crippen LogP contribution in [0.3, 0.4) is 0 Å². The number of nitrogens with zero attached hydrogens (tertiary/aromatic N) is 3. The standard InChI is InChI=1S/C9H10ClN3O3/c1-16-9-11-2-6(10)7(12-9)13-3-5(4-13)8(14)15/h2,5H,3-4H2,1H3,(H,14,15). The first-order valence-corrected chi connectivity index (χ1v) is 5.04. The van der Waals surface area contributed by atoms with Crippen LogP contribution in [-0.2, 0) is 4.79 Å². The van der Waals surface area contributed by atoms with E-state index < -0.39 is 5.97 Å². The molecule has 16 heavy (non-hydrogen) atoms. The van der Waals surface area contributed by atoms with E-state index in [0.717, 1.165) is 0 Å². The maximum absolute atomic E-state index is 10.6. The molecule has 0 amide bonds. The molecule has 0 bridgehead atoms. The molecule has 1 N–H and O–H groups in total. The van der Waals surface area contributed by atoms with E-state index in [4.69, 9.17) is 21.4 Å². The smallest absolute Gasteiger partial charge is 0.318 e. The lowest BCUT2D eigenvalue weighted by atomic mass is 10.0. The summed E-state index contributed by atoms with van der Waals surface area (Å²) in [5.74, 6) is -0.628. The molecule has 0 unspecified atom stereocenters. The van der Waals surface area contributed by atoms with E-state index >= 15 is 0 Å². The van der Waals surface area contributed by atoms with Crippen molar-refractivity contribution in [3.05, 3.63) is 11.2 Å². The Morgan fingerprint density at radius 1 is 1.69 bits per heavy atom. The van der Waals surface area contributed by atoms with Gasteiger partial charge in [0.25, 0.3) is 0 Å². The first-order chi connectivity index (χ1) is 7.61. The molecule has 1 aromatic rings. The van der Waals surface area contributed by atoms with Crippen molar-refractivity contribution in [2.24, 2.45) is 5.92 Å². The van der Waals surface area contributed by atoms with Gasteiger partial charge in [-0.05, 0) is 0 Å². The highest BCUT2D eigenvalue weighted by Gasteiger charge is 2.34. The summed E-state index contributed by atoms with van der Waals surface area (Å²) in [6.45, 7) is 0.824. The normalized spacial score (nSPS) is 15.8. The van der Waals surface area contributed by atoms with Gasteiger partial charge in [0.15, 0.2) is 5.82 Å². The molecule has 1 saturated heterocycles. The average Bonchev–Trinajstić information content (AvgIpc) is 2.18. The number of hydrogen-bond acceptors (Lipinski definition) is 5. The van der Waals surface area contributed by atoms with Crippen molar-refractivity contribution in [3.8, 4) is 6.01 Å². The minimum absolute atomic E-state index is 0.221. The Morgan fingerprint density at radius 2 is 2.38 bits per heavy atom. The van der Waals surface area contributed by atoms with E-state index in [1.54, 1.807) is 4.90 Å². The highest BCUT2D eigenvalue weighted by Crippen LogP contribution is 2.30. The molecule has 0 aliphatic carbocycles. The Morgan fingerprint density at radius 3 is 2.94 bits per heavy atom. The average molecular weight is 244 g/mol. The number of anilines is 1. The number of methoxy groups -OCH3 is 1. The van der Waals surface area contributed by atoms with Crippen molar-refractivity contribution >= 4 is 23.4 Å². The summed E-state index contributed by atoms with van der Waals surface area (Å²) in [6, 6.07) is 0.221. The third-order valence-electron chi connectivity index (χ3n) is 2.42. The van der Waals surface area contributed by atoms with Crippen molar-refractivity contribution in [2.45, 2.75) is 0 Å². The summed E-state index contributed by atoms with van der Waals surface area (Å²) in [5.41, 5.74) is 0. The first-order valence-electron chi connectivity index (χ1n) is 4.66.